The van der Waals surface area contributed by atoms with Crippen LogP contribution in [0.3, 0.4) is 0 Å². The molecule has 3 rings (SSSR count). The standard InChI is InChI=1S/C22H30O4/c1-14(23)17-11-16-7-8-20-21(3,4)9-6-10-22(20,13-26-15(2)24)18(16)12-19(17)25-5/h11-12,20H,6-10,13H2,1-5H3/t20-,22-/m1/s1. The molecular formula is C22H30O4. The lowest BCUT2D eigenvalue weighted by Crippen LogP contribution is -2.52. The first-order valence-electron chi connectivity index (χ1n) is 9.57. The molecule has 4 heteroatoms. The third-order valence-corrected chi connectivity index (χ3v) is 6.63. The summed E-state index contributed by atoms with van der Waals surface area (Å²) in [5.74, 6) is 0.858. The number of aryl methyl sites for hydroxylation is 1. The minimum Gasteiger partial charge on any atom is -0.496 e. The maximum Gasteiger partial charge on any atom is 0.302 e. The highest BCUT2D eigenvalue weighted by Gasteiger charge is 2.53. The van der Waals surface area contributed by atoms with Crippen LogP contribution < -0.4 is 4.74 Å². The van der Waals surface area contributed by atoms with Gasteiger partial charge in [-0.1, -0.05) is 20.3 Å². The Balaban J connectivity index is 2.18. The number of hydrogen-bond acceptors (Lipinski definition) is 4. The van der Waals surface area contributed by atoms with Crippen LogP contribution >= 0.6 is 0 Å². The number of rotatable bonds is 4. The zero-order chi connectivity index (χ0) is 19.1. The highest BCUT2D eigenvalue weighted by molar-refractivity contribution is 5.97. The molecule has 0 N–H and O–H groups in total. The van der Waals surface area contributed by atoms with E-state index in [1.165, 1.54) is 24.5 Å². The lowest BCUT2D eigenvalue weighted by atomic mass is 9.50. The number of esters is 1. The van der Waals surface area contributed by atoms with E-state index in [9.17, 15) is 9.59 Å². The molecule has 4 nitrogen and oxygen atoms in total. The topological polar surface area (TPSA) is 52.6 Å². The smallest absolute Gasteiger partial charge is 0.302 e. The van der Waals surface area contributed by atoms with Gasteiger partial charge in [0.05, 0.1) is 12.7 Å². The number of hydrogen-bond donors (Lipinski definition) is 0. The fraction of sp³-hybridized carbons (Fsp3) is 0.636. The number of methoxy groups -OCH3 is 1. The van der Waals surface area contributed by atoms with Gasteiger partial charge in [0.15, 0.2) is 5.78 Å². The fourth-order valence-electron chi connectivity index (χ4n) is 5.47. The summed E-state index contributed by atoms with van der Waals surface area (Å²) in [6.45, 7) is 8.14. The Hall–Kier alpha value is -1.84. The highest BCUT2D eigenvalue weighted by atomic mass is 16.5. The molecule has 0 aromatic heterocycles. The Morgan fingerprint density at radius 2 is 1.92 bits per heavy atom. The average molecular weight is 358 g/mol. The van der Waals surface area contributed by atoms with Gasteiger partial charge < -0.3 is 9.47 Å². The monoisotopic (exact) mass is 358 g/mol. The molecule has 1 aromatic rings. The van der Waals surface area contributed by atoms with E-state index in [-0.39, 0.29) is 22.6 Å². The number of ether oxygens (including phenoxy) is 2. The van der Waals surface area contributed by atoms with Crippen LogP contribution in [0.15, 0.2) is 12.1 Å². The Morgan fingerprint density at radius 1 is 1.19 bits per heavy atom. The summed E-state index contributed by atoms with van der Waals surface area (Å²) in [7, 11) is 1.61. The first kappa shape index (κ1) is 18.9. The molecule has 1 fully saturated rings. The van der Waals surface area contributed by atoms with Crippen LogP contribution in [0, 0.1) is 11.3 Å². The second kappa shape index (κ2) is 6.71. The SMILES string of the molecule is COc1cc2c(cc1C(C)=O)CC[C@@H]1C(C)(C)CCC[C@@]21COC(C)=O. The lowest BCUT2D eigenvalue weighted by molar-refractivity contribution is -0.146. The van der Waals surface area contributed by atoms with Gasteiger partial charge in [-0.2, -0.15) is 0 Å². The lowest BCUT2D eigenvalue weighted by Gasteiger charge is -2.55. The zero-order valence-electron chi connectivity index (χ0n) is 16.6. The molecule has 0 saturated heterocycles. The van der Waals surface area contributed by atoms with E-state index in [1.54, 1.807) is 14.0 Å². The Bertz CT molecular complexity index is 734. The average Bonchev–Trinajstić information content (AvgIpc) is 2.58. The summed E-state index contributed by atoms with van der Waals surface area (Å²) in [5, 5.41) is 0. The summed E-state index contributed by atoms with van der Waals surface area (Å²) in [4.78, 5) is 23.6. The summed E-state index contributed by atoms with van der Waals surface area (Å²) >= 11 is 0. The second-order valence-electron chi connectivity index (χ2n) is 8.64. The van der Waals surface area contributed by atoms with Crippen LogP contribution in [0.25, 0.3) is 0 Å². The predicted octanol–water partition coefficient (Wildman–Crippen LogP) is 4.47. The van der Waals surface area contributed by atoms with Gasteiger partial charge in [-0.25, -0.2) is 0 Å². The van der Waals surface area contributed by atoms with Gasteiger partial charge in [-0.3, -0.25) is 9.59 Å². The number of carbonyl (C=O) groups is 2. The third-order valence-electron chi connectivity index (χ3n) is 6.63. The molecule has 142 valence electrons. The molecule has 0 aliphatic heterocycles. The molecule has 2 aliphatic carbocycles. The summed E-state index contributed by atoms with van der Waals surface area (Å²) in [6.07, 6.45) is 5.32. The van der Waals surface area contributed by atoms with E-state index in [1.807, 2.05) is 12.1 Å². The molecule has 0 amide bonds. The minimum absolute atomic E-state index is 0.0183. The number of ketones is 1. The number of fused-ring (bicyclic) bond motifs is 3. The quantitative estimate of drug-likeness (QED) is 0.588. The van der Waals surface area contributed by atoms with E-state index in [2.05, 4.69) is 13.8 Å². The van der Waals surface area contributed by atoms with Crippen molar-refractivity contribution in [3.05, 3.63) is 28.8 Å². The van der Waals surface area contributed by atoms with Crippen molar-refractivity contribution in [2.75, 3.05) is 13.7 Å². The largest absolute Gasteiger partial charge is 0.496 e. The predicted molar refractivity (Wildman–Crippen MR) is 101 cm³/mol. The molecule has 26 heavy (non-hydrogen) atoms. The van der Waals surface area contributed by atoms with Gasteiger partial charge in [0.25, 0.3) is 0 Å². The first-order valence-corrected chi connectivity index (χ1v) is 9.57. The van der Waals surface area contributed by atoms with Gasteiger partial charge in [-0.15, -0.1) is 0 Å². The van der Waals surface area contributed by atoms with Crippen molar-refractivity contribution in [1.82, 2.24) is 0 Å². The van der Waals surface area contributed by atoms with E-state index in [4.69, 9.17) is 9.47 Å². The van der Waals surface area contributed by atoms with Crippen LogP contribution in [0.5, 0.6) is 5.75 Å². The number of carbonyl (C=O) groups excluding carboxylic acids is 2. The van der Waals surface area contributed by atoms with E-state index in [0.29, 0.717) is 23.8 Å². The normalized spacial score (nSPS) is 26.4. The van der Waals surface area contributed by atoms with Crippen molar-refractivity contribution >= 4 is 11.8 Å². The maximum absolute atomic E-state index is 12.0. The Kier molecular flexibility index (Phi) is 4.89. The van der Waals surface area contributed by atoms with Crippen molar-refractivity contribution in [2.24, 2.45) is 11.3 Å². The fourth-order valence-corrected chi connectivity index (χ4v) is 5.47. The summed E-state index contributed by atoms with van der Waals surface area (Å²) in [5.41, 5.74) is 3.07. The third kappa shape index (κ3) is 3.04. The second-order valence-corrected chi connectivity index (χ2v) is 8.64. The Labute approximate surface area is 156 Å². The van der Waals surface area contributed by atoms with Gasteiger partial charge in [0.2, 0.25) is 0 Å². The maximum atomic E-state index is 12.0. The minimum atomic E-state index is -0.235. The molecule has 0 heterocycles. The van der Waals surface area contributed by atoms with E-state index < -0.39 is 0 Å². The molecular weight excluding hydrogens is 328 g/mol. The molecule has 0 radical (unpaired) electrons. The van der Waals surface area contributed by atoms with Crippen molar-refractivity contribution in [3.8, 4) is 5.75 Å². The molecule has 1 saturated carbocycles. The van der Waals surface area contributed by atoms with Gasteiger partial charge >= 0.3 is 5.97 Å². The van der Waals surface area contributed by atoms with Crippen LogP contribution in [0.4, 0.5) is 0 Å². The van der Waals surface area contributed by atoms with Gasteiger partial charge in [-0.05, 0) is 67.2 Å². The molecule has 2 aliphatic rings. The van der Waals surface area contributed by atoms with Gasteiger partial charge in [0.1, 0.15) is 12.4 Å². The molecule has 0 bridgehead atoms. The van der Waals surface area contributed by atoms with Crippen LogP contribution in [0.1, 0.15) is 74.9 Å². The molecule has 0 spiro atoms. The number of benzene rings is 1. The van der Waals surface area contributed by atoms with Crippen molar-refractivity contribution in [3.63, 3.8) is 0 Å². The summed E-state index contributed by atoms with van der Waals surface area (Å²) < 4.78 is 11.1. The number of Topliss-reactive ketones (excluding diaryl/α,β-unsaturated/α-hetero) is 1. The van der Waals surface area contributed by atoms with Crippen molar-refractivity contribution < 1.29 is 19.1 Å². The van der Waals surface area contributed by atoms with E-state index in [0.717, 1.165) is 25.7 Å². The highest BCUT2D eigenvalue weighted by Crippen LogP contribution is 2.58. The summed E-state index contributed by atoms with van der Waals surface area (Å²) in [6, 6.07) is 4.05. The molecule has 0 unspecified atom stereocenters. The van der Waals surface area contributed by atoms with Crippen molar-refractivity contribution in [2.45, 2.75) is 65.2 Å². The van der Waals surface area contributed by atoms with Crippen LogP contribution in [-0.2, 0) is 21.4 Å². The molecule has 2 atom stereocenters. The zero-order valence-corrected chi connectivity index (χ0v) is 16.6. The van der Waals surface area contributed by atoms with E-state index >= 15 is 0 Å². The Morgan fingerprint density at radius 3 is 2.54 bits per heavy atom. The van der Waals surface area contributed by atoms with Crippen molar-refractivity contribution in [1.29, 1.82) is 0 Å². The van der Waals surface area contributed by atoms with Crippen LogP contribution in [-0.4, -0.2) is 25.5 Å². The van der Waals surface area contributed by atoms with Gasteiger partial charge in [0, 0.05) is 12.3 Å². The molecule has 1 aromatic carbocycles. The first-order chi connectivity index (χ1) is 12.2. The van der Waals surface area contributed by atoms with Crippen LogP contribution in [0.2, 0.25) is 0 Å².